The second-order valence-electron chi connectivity index (χ2n) is 6.12. The van der Waals surface area contributed by atoms with Crippen LogP contribution in [0.4, 0.5) is 0 Å². The van der Waals surface area contributed by atoms with Crippen molar-refractivity contribution in [3.63, 3.8) is 0 Å². The van der Waals surface area contributed by atoms with Crippen LogP contribution in [-0.2, 0) is 4.79 Å². The maximum Gasteiger partial charge on any atom is 0.242 e. The highest BCUT2D eigenvalue weighted by atomic mass is 16.5. The summed E-state index contributed by atoms with van der Waals surface area (Å²) in [6, 6.07) is 13.1. The van der Waals surface area contributed by atoms with Crippen molar-refractivity contribution >= 4 is 11.6 Å². The van der Waals surface area contributed by atoms with Crippen LogP contribution in [0.25, 0.3) is 0 Å². The van der Waals surface area contributed by atoms with Crippen LogP contribution in [0.15, 0.2) is 47.6 Å². The number of aromatic hydroxyl groups is 1. The molecule has 1 unspecified atom stereocenters. The van der Waals surface area contributed by atoms with Gasteiger partial charge in [-0.25, -0.2) is 5.01 Å². The molecule has 0 aliphatic carbocycles. The third-order valence-corrected chi connectivity index (χ3v) is 4.46. The number of amides is 1. The van der Waals surface area contributed by atoms with Crippen molar-refractivity contribution in [2.24, 2.45) is 5.10 Å². The fraction of sp³-hybridized carbons (Fsp3) is 0.300. The lowest BCUT2D eigenvalue weighted by molar-refractivity contribution is -0.132. The number of carbonyl (C=O) groups excluding carboxylic acids is 1. The van der Waals surface area contributed by atoms with Crippen LogP contribution in [0, 0.1) is 6.92 Å². The van der Waals surface area contributed by atoms with Gasteiger partial charge in [0.2, 0.25) is 5.91 Å². The van der Waals surface area contributed by atoms with Crippen molar-refractivity contribution in [1.82, 2.24) is 5.01 Å². The lowest BCUT2D eigenvalue weighted by Crippen LogP contribution is -2.26. The zero-order valence-corrected chi connectivity index (χ0v) is 14.7. The number of para-hydroxylation sites is 1. The smallest absolute Gasteiger partial charge is 0.242 e. The van der Waals surface area contributed by atoms with E-state index in [0.717, 1.165) is 11.3 Å². The number of ether oxygens (including phenoxy) is 1. The van der Waals surface area contributed by atoms with Gasteiger partial charge in [0.15, 0.2) is 11.5 Å². The highest BCUT2D eigenvalue weighted by Crippen LogP contribution is 2.41. The first-order valence-electron chi connectivity index (χ1n) is 8.37. The molecule has 0 fully saturated rings. The maximum absolute atomic E-state index is 12.4. The zero-order chi connectivity index (χ0) is 18.0. The molecule has 1 amide bonds. The van der Waals surface area contributed by atoms with E-state index in [0.29, 0.717) is 24.2 Å². The molecule has 2 aromatic carbocycles. The summed E-state index contributed by atoms with van der Waals surface area (Å²) in [5.74, 6) is 0.378. The lowest BCUT2D eigenvalue weighted by Gasteiger charge is -2.22. The van der Waals surface area contributed by atoms with E-state index >= 15 is 0 Å². The average Bonchev–Trinajstić information content (AvgIpc) is 3.07. The van der Waals surface area contributed by atoms with Crippen LogP contribution >= 0.6 is 0 Å². The number of nitrogens with zero attached hydrogens (tertiary/aromatic N) is 2. The van der Waals surface area contributed by atoms with Crippen LogP contribution in [0.5, 0.6) is 11.5 Å². The molecule has 25 heavy (non-hydrogen) atoms. The normalized spacial score (nSPS) is 16.7. The monoisotopic (exact) mass is 338 g/mol. The molecule has 1 aliphatic heterocycles. The molecule has 0 saturated carbocycles. The standard InChI is InChI=1S/C20H22N2O3/c1-4-19(23)22-17(15-6-5-7-18(25-3)20(15)24)12-16(21-22)14-10-8-13(2)9-11-14/h5-11,17,24H,4,12H2,1-3H3. The quantitative estimate of drug-likeness (QED) is 0.922. The molecule has 0 aromatic heterocycles. The minimum Gasteiger partial charge on any atom is -0.504 e. The SMILES string of the molecule is CCC(=O)N1N=C(c2ccc(C)cc2)CC1c1cccc(OC)c1O. The Morgan fingerprint density at radius 3 is 2.64 bits per heavy atom. The van der Waals surface area contributed by atoms with Crippen LogP contribution in [0.2, 0.25) is 0 Å². The van der Waals surface area contributed by atoms with E-state index in [2.05, 4.69) is 5.10 Å². The summed E-state index contributed by atoms with van der Waals surface area (Å²) in [6.07, 6.45) is 0.904. The van der Waals surface area contributed by atoms with Gasteiger partial charge < -0.3 is 9.84 Å². The highest BCUT2D eigenvalue weighted by molar-refractivity contribution is 6.03. The molecule has 0 saturated heterocycles. The minimum atomic E-state index is -0.334. The number of rotatable bonds is 4. The molecule has 0 spiro atoms. The Morgan fingerprint density at radius 1 is 1.28 bits per heavy atom. The molecule has 0 radical (unpaired) electrons. The van der Waals surface area contributed by atoms with Gasteiger partial charge in [-0.1, -0.05) is 48.9 Å². The second kappa shape index (κ2) is 6.97. The Labute approximate surface area is 147 Å². The average molecular weight is 338 g/mol. The summed E-state index contributed by atoms with van der Waals surface area (Å²) < 4.78 is 5.20. The van der Waals surface area contributed by atoms with Crippen molar-refractivity contribution in [2.75, 3.05) is 7.11 Å². The van der Waals surface area contributed by atoms with E-state index in [1.54, 1.807) is 6.07 Å². The minimum absolute atomic E-state index is 0.0595. The van der Waals surface area contributed by atoms with E-state index < -0.39 is 0 Å². The van der Waals surface area contributed by atoms with Gasteiger partial charge in [-0.15, -0.1) is 0 Å². The molecule has 5 nitrogen and oxygen atoms in total. The van der Waals surface area contributed by atoms with Crippen LogP contribution in [0.3, 0.4) is 0 Å². The number of hydrogen-bond acceptors (Lipinski definition) is 4. The van der Waals surface area contributed by atoms with Gasteiger partial charge in [-0.05, 0) is 18.6 Å². The number of carbonyl (C=O) groups is 1. The van der Waals surface area contributed by atoms with Crippen LogP contribution in [0.1, 0.15) is 42.5 Å². The number of benzene rings is 2. The number of hydrogen-bond donors (Lipinski definition) is 1. The number of phenols is 1. The molecule has 1 aliphatic rings. The van der Waals surface area contributed by atoms with Crippen molar-refractivity contribution in [3.05, 3.63) is 59.2 Å². The maximum atomic E-state index is 12.4. The van der Waals surface area contributed by atoms with E-state index in [1.807, 2.05) is 50.2 Å². The summed E-state index contributed by atoms with van der Waals surface area (Å²) in [4.78, 5) is 12.4. The molecular weight excluding hydrogens is 316 g/mol. The van der Waals surface area contributed by atoms with Crippen LogP contribution in [-0.4, -0.2) is 28.8 Å². The van der Waals surface area contributed by atoms with Crippen molar-refractivity contribution < 1.29 is 14.6 Å². The molecule has 2 aromatic rings. The summed E-state index contributed by atoms with van der Waals surface area (Å²) >= 11 is 0. The molecule has 5 heteroatoms. The van der Waals surface area contributed by atoms with Gasteiger partial charge in [-0.3, -0.25) is 4.79 Å². The highest BCUT2D eigenvalue weighted by Gasteiger charge is 2.34. The van der Waals surface area contributed by atoms with E-state index in [4.69, 9.17) is 4.74 Å². The van der Waals surface area contributed by atoms with Crippen molar-refractivity contribution in [2.45, 2.75) is 32.7 Å². The molecular formula is C20H22N2O3. The van der Waals surface area contributed by atoms with Crippen molar-refractivity contribution in [3.8, 4) is 11.5 Å². The predicted octanol–water partition coefficient (Wildman–Crippen LogP) is 3.80. The van der Waals surface area contributed by atoms with Crippen molar-refractivity contribution in [1.29, 1.82) is 0 Å². The Balaban J connectivity index is 2.00. The first-order valence-corrected chi connectivity index (χ1v) is 8.37. The summed E-state index contributed by atoms with van der Waals surface area (Å²) in [6.45, 7) is 3.84. The molecule has 1 N–H and O–H groups in total. The fourth-order valence-electron chi connectivity index (χ4n) is 3.04. The van der Waals surface area contributed by atoms with Gasteiger partial charge in [-0.2, -0.15) is 5.10 Å². The molecule has 1 heterocycles. The Bertz CT molecular complexity index is 812. The number of methoxy groups -OCH3 is 1. The lowest BCUT2D eigenvalue weighted by atomic mass is 9.97. The molecule has 3 rings (SSSR count). The summed E-state index contributed by atoms with van der Waals surface area (Å²) in [5.41, 5.74) is 3.65. The van der Waals surface area contributed by atoms with Gasteiger partial charge in [0.05, 0.1) is 18.9 Å². The molecule has 130 valence electrons. The third-order valence-electron chi connectivity index (χ3n) is 4.46. The number of hydrazone groups is 1. The van der Waals surface area contributed by atoms with Gasteiger partial charge >= 0.3 is 0 Å². The molecule has 1 atom stereocenters. The predicted molar refractivity (Wildman–Crippen MR) is 96.9 cm³/mol. The van der Waals surface area contributed by atoms with E-state index in [9.17, 15) is 9.90 Å². The first kappa shape index (κ1) is 17.0. The number of phenolic OH excluding ortho intramolecular Hbond substituents is 1. The van der Waals surface area contributed by atoms with Crippen LogP contribution < -0.4 is 4.74 Å². The van der Waals surface area contributed by atoms with Gasteiger partial charge in [0, 0.05) is 18.4 Å². The topological polar surface area (TPSA) is 62.1 Å². The van der Waals surface area contributed by atoms with E-state index in [-0.39, 0.29) is 17.7 Å². The number of aryl methyl sites for hydroxylation is 1. The Morgan fingerprint density at radius 2 is 2.00 bits per heavy atom. The fourth-order valence-corrected chi connectivity index (χ4v) is 3.04. The summed E-state index contributed by atoms with van der Waals surface area (Å²) in [5, 5.41) is 16.6. The van der Waals surface area contributed by atoms with Gasteiger partial charge in [0.25, 0.3) is 0 Å². The van der Waals surface area contributed by atoms with Gasteiger partial charge in [0.1, 0.15) is 0 Å². The first-order chi connectivity index (χ1) is 12.0. The van der Waals surface area contributed by atoms with E-state index in [1.165, 1.54) is 17.7 Å². The Hall–Kier alpha value is -2.82. The third kappa shape index (κ3) is 3.22. The molecule has 0 bridgehead atoms. The zero-order valence-electron chi connectivity index (χ0n) is 14.7. The summed E-state index contributed by atoms with van der Waals surface area (Å²) in [7, 11) is 1.51. The largest absolute Gasteiger partial charge is 0.504 e. The second-order valence-corrected chi connectivity index (χ2v) is 6.12. The Kier molecular flexibility index (Phi) is 4.74.